The summed E-state index contributed by atoms with van der Waals surface area (Å²) < 4.78 is 31.6. The van der Waals surface area contributed by atoms with Crippen LogP contribution in [0.1, 0.15) is 0 Å². The quantitative estimate of drug-likeness (QED) is 0.244. The van der Waals surface area contributed by atoms with Crippen LogP contribution in [0.5, 0.6) is 0 Å². The molecule has 0 aliphatic carbocycles. The first-order chi connectivity index (χ1) is 5.63. The fourth-order valence-electron chi connectivity index (χ4n) is 0.143. The van der Waals surface area contributed by atoms with Gasteiger partial charge in [-0.3, -0.25) is 9.11 Å². The van der Waals surface area contributed by atoms with E-state index >= 15 is 0 Å². The molecule has 0 heterocycles. The van der Waals surface area contributed by atoms with E-state index in [1.54, 1.807) is 0 Å². The van der Waals surface area contributed by atoms with Crippen molar-refractivity contribution in [2.45, 2.75) is 0 Å². The molecule has 0 bridgehead atoms. The van der Waals surface area contributed by atoms with E-state index in [1.165, 1.54) is 0 Å². The van der Waals surface area contributed by atoms with Crippen LogP contribution >= 0.6 is 0 Å². The van der Waals surface area contributed by atoms with E-state index in [1.807, 2.05) is 0 Å². The van der Waals surface area contributed by atoms with Crippen molar-refractivity contribution in [1.82, 2.24) is 0 Å². The summed E-state index contributed by atoms with van der Waals surface area (Å²) in [6.45, 7) is 0. The Morgan fingerprint density at radius 2 is 1.07 bits per heavy atom. The Balaban J connectivity index is -0.000000177. The monoisotopic (exact) mass is 422 g/mol. The van der Waals surface area contributed by atoms with Crippen molar-refractivity contribution in [2.75, 3.05) is 0 Å². The molecule has 0 amide bonds. The molecule has 0 aromatic carbocycles. The normalized spacial score (nSPS) is 9.57. The van der Waals surface area contributed by atoms with E-state index in [2.05, 4.69) is 0 Å². The number of hydrogen-bond acceptors (Lipinski definition) is 4. The van der Waals surface area contributed by atoms with Crippen molar-refractivity contribution in [3.63, 3.8) is 0 Å². The second kappa shape index (κ2) is 9.04. The molecule has 14 heavy (non-hydrogen) atoms. The van der Waals surface area contributed by atoms with Crippen molar-refractivity contribution < 1.29 is 37.3 Å². The van der Waals surface area contributed by atoms with E-state index in [0.29, 0.717) is 12.2 Å². The Hall–Kier alpha value is -0.528. The van der Waals surface area contributed by atoms with Crippen molar-refractivity contribution in [3.8, 4) is 0 Å². The molecule has 0 saturated carbocycles. The molecule has 0 rings (SSSR count). The zero-order chi connectivity index (χ0) is 11.1. The maximum Gasteiger partial charge on any atom is 0.394 e. The van der Waals surface area contributed by atoms with Gasteiger partial charge in [-0.2, -0.15) is 8.42 Å². The Morgan fingerprint density at radius 1 is 0.929 bits per heavy atom. The third-order valence-electron chi connectivity index (χ3n) is 0.368. The summed E-state index contributed by atoms with van der Waals surface area (Å²) in [6.07, 6.45) is 1.12. The van der Waals surface area contributed by atoms with Gasteiger partial charge >= 0.3 is 22.3 Å². The van der Waals surface area contributed by atoms with E-state index in [0.717, 1.165) is 0 Å². The van der Waals surface area contributed by atoms with Crippen LogP contribution in [-0.2, 0) is 20.0 Å². The predicted octanol–water partition coefficient (Wildman–Crippen LogP) is -1.32. The molecule has 80 valence electrons. The second-order valence-electron chi connectivity index (χ2n) is 1.46. The number of carbonyl (C=O) groups is 2. The van der Waals surface area contributed by atoms with Crippen molar-refractivity contribution in [1.29, 1.82) is 0 Å². The summed E-state index contributed by atoms with van der Waals surface area (Å²) in [5.41, 5.74) is 0. The first-order valence-corrected chi connectivity index (χ1v) is 3.86. The van der Waals surface area contributed by atoms with Gasteiger partial charge in [0.1, 0.15) is 0 Å². The predicted molar refractivity (Wildman–Crippen MR) is 44.3 cm³/mol. The number of rotatable bonds is 2. The van der Waals surface area contributed by atoms with E-state index in [-0.39, 0.29) is 27.3 Å². The Labute approximate surface area is 99.0 Å². The van der Waals surface area contributed by atoms with Gasteiger partial charge in [-0.05, 0) is 0 Å². The van der Waals surface area contributed by atoms with Gasteiger partial charge in [-0.15, -0.1) is 0 Å². The van der Waals surface area contributed by atoms with Gasteiger partial charge < -0.3 is 10.2 Å². The van der Waals surface area contributed by atoms with E-state index in [4.69, 9.17) is 27.7 Å². The fraction of sp³-hybridized carbons (Fsp3) is 0. The molecule has 4 N–H and O–H groups in total. The van der Waals surface area contributed by atoms with Crippen LogP contribution in [0.3, 0.4) is 0 Å². The summed E-state index contributed by atoms with van der Waals surface area (Å²) in [5, 5.41) is 15.6. The first kappa shape index (κ1) is 19.1. The molecule has 0 aromatic heterocycles. The van der Waals surface area contributed by atoms with Crippen LogP contribution in [0.2, 0.25) is 0 Å². The molecular weight excluding hydrogens is 415 g/mol. The molecule has 8 nitrogen and oxygen atoms in total. The second-order valence-corrected chi connectivity index (χ2v) is 2.35. The first-order valence-electron chi connectivity index (χ1n) is 2.46. The molecule has 0 aliphatic heterocycles. The average molecular weight is 421 g/mol. The van der Waals surface area contributed by atoms with Gasteiger partial charge in [-0.25, -0.2) is 9.59 Å². The maximum atomic E-state index is 9.55. The van der Waals surface area contributed by atoms with Crippen LogP contribution in [0.25, 0.3) is 0 Å². The molecule has 0 unspecified atom stereocenters. The van der Waals surface area contributed by atoms with Crippen LogP contribution in [0.4, 0.5) is 0 Å². The maximum absolute atomic E-state index is 9.55. The fourth-order valence-corrected chi connectivity index (χ4v) is 0.143. The minimum atomic E-state index is -4.67. The summed E-state index contributed by atoms with van der Waals surface area (Å²) >= 11 is 0. The van der Waals surface area contributed by atoms with E-state index < -0.39 is 22.3 Å². The molecular formula is C4H6O8PbS. The summed E-state index contributed by atoms with van der Waals surface area (Å²) in [7, 11) is -4.67. The van der Waals surface area contributed by atoms with Crippen LogP contribution < -0.4 is 0 Å². The standard InChI is InChI=1S/C4H4O4.H2O4S.Pb/c5-3(6)1-2-4(7)8;1-5(2,3)4;/h1-2H,(H,5,6)(H,7,8);(H2,1,2,3,4);. The molecule has 0 aromatic rings. The third-order valence-corrected chi connectivity index (χ3v) is 0.368. The Kier molecular flexibility index (Phi) is 12.3. The van der Waals surface area contributed by atoms with Gasteiger partial charge in [0.15, 0.2) is 0 Å². The molecule has 0 aliphatic rings. The third kappa shape index (κ3) is 62.9. The molecule has 0 saturated heterocycles. The molecule has 0 atom stereocenters. The Bertz CT molecular complexity index is 279. The largest absolute Gasteiger partial charge is 0.478 e. The summed E-state index contributed by atoms with van der Waals surface area (Å²) in [5.74, 6) is -2.51. The molecule has 10 heteroatoms. The van der Waals surface area contributed by atoms with E-state index in [9.17, 15) is 9.59 Å². The van der Waals surface area contributed by atoms with Gasteiger partial charge in [0, 0.05) is 39.5 Å². The summed E-state index contributed by atoms with van der Waals surface area (Å²) in [6, 6.07) is 0. The zero-order valence-electron chi connectivity index (χ0n) is 6.48. The van der Waals surface area contributed by atoms with Crippen molar-refractivity contribution in [2.24, 2.45) is 0 Å². The summed E-state index contributed by atoms with van der Waals surface area (Å²) in [4.78, 5) is 19.1. The minimum absolute atomic E-state index is 0. The number of carboxylic acid groups (broad SMARTS) is 2. The number of carboxylic acids is 2. The minimum Gasteiger partial charge on any atom is -0.478 e. The van der Waals surface area contributed by atoms with Gasteiger partial charge in [0.25, 0.3) is 0 Å². The topological polar surface area (TPSA) is 149 Å². The Morgan fingerprint density at radius 3 is 1.14 bits per heavy atom. The molecule has 0 fully saturated rings. The number of hydrogen-bond donors (Lipinski definition) is 4. The van der Waals surface area contributed by atoms with Crippen LogP contribution in [-0.4, -0.2) is 67.0 Å². The SMILES string of the molecule is O=C(O)C=CC(=O)O.O=S(=O)(O)O.[Pb]. The van der Waals surface area contributed by atoms with Gasteiger partial charge in [0.2, 0.25) is 0 Å². The molecule has 0 spiro atoms. The van der Waals surface area contributed by atoms with Crippen LogP contribution in [0.15, 0.2) is 12.2 Å². The average Bonchev–Trinajstić information content (AvgIpc) is 1.79. The van der Waals surface area contributed by atoms with Crippen LogP contribution in [0, 0.1) is 0 Å². The van der Waals surface area contributed by atoms with Gasteiger partial charge in [-0.1, -0.05) is 0 Å². The van der Waals surface area contributed by atoms with Gasteiger partial charge in [0.05, 0.1) is 0 Å². The van der Waals surface area contributed by atoms with Crippen molar-refractivity contribution >= 4 is 49.6 Å². The smallest absolute Gasteiger partial charge is 0.394 e. The van der Waals surface area contributed by atoms with Crippen molar-refractivity contribution in [3.05, 3.63) is 12.2 Å². The number of aliphatic carboxylic acids is 2. The molecule has 4 radical (unpaired) electrons. The zero-order valence-corrected chi connectivity index (χ0v) is 11.2.